The number of benzene rings is 1. The number of rotatable bonds is 2. The first-order valence-corrected chi connectivity index (χ1v) is 6.20. The summed E-state index contributed by atoms with van der Waals surface area (Å²) in [6.45, 7) is 1.58. The van der Waals surface area contributed by atoms with Crippen molar-refractivity contribution in [2.24, 2.45) is 7.05 Å². The van der Waals surface area contributed by atoms with Crippen molar-refractivity contribution >= 4 is 23.2 Å². The molecule has 1 amide bonds. The van der Waals surface area contributed by atoms with Gasteiger partial charge in [0.25, 0.3) is 11.5 Å². The largest absolute Gasteiger partial charge is 0.321 e. The highest BCUT2D eigenvalue weighted by Gasteiger charge is 2.10. The average Bonchev–Trinajstić information content (AvgIpc) is 2.39. The summed E-state index contributed by atoms with van der Waals surface area (Å²) in [4.78, 5) is 23.5. The molecule has 0 spiro atoms. The fourth-order valence-electron chi connectivity index (χ4n) is 1.73. The second kappa shape index (κ2) is 5.46. The third-order valence-corrected chi connectivity index (χ3v) is 3.09. The van der Waals surface area contributed by atoms with E-state index in [0.29, 0.717) is 16.8 Å². The van der Waals surface area contributed by atoms with E-state index in [0.717, 1.165) is 0 Å². The molecule has 1 aromatic heterocycles. The van der Waals surface area contributed by atoms with Crippen molar-refractivity contribution in [1.29, 1.82) is 0 Å². The minimum absolute atomic E-state index is 0.0144. The Morgan fingerprint density at radius 2 is 2.05 bits per heavy atom. The molecule has 0 aliphatic carbocycles. The van der Waals surface area contributed by atoms with Crippen LogP contribution < -0.4 is 10.9 Å². The maximum atomic E-state index is 13.2. The van der Waals surface area contributed by atoms with Gasteiger partial charge in [-0.15, -0.1) is 0 Å². The van der Waals surface area contributed by atoms with Gasteiger partial charge in [-0.1, -0.05) is 11.6 Å². The Hall–Kier alpha value is -2.14. The number of halogens is 2. The quantitative estimate of drug-likeness (QED) is 0.926. The van der Waals surface area contributed by atoms with Gasteiger partial charge in [0.15, 0.2) is 0 Å². The Labute approximate surface area is 119 Å². The summed E-state index contributed by atoms with van der Waals surface area (Å²) in [5.74, 6) is -0.769. The number of nitrogens with zero attached hydrogens (tertiary/aromatic N) is 1. The Balaban J connectivity index is 2.27. The van der Waals surface area contributed by atoms with Gasteiger partial charge in [-0.05, 0) is 36.8 Å². The van der Waals surface area contributed by atoms with Gasteiger partial charge < -0.3 is 9.88 Å². The van der Waals surface area contributed by atoms with E-state index in [1.54, 1.807) is 6.92 Å². The van der Waals surface area contributed by atoms with E-state index in [9.17, 15) is 14.0 Å². The first kappa shape index (κ1) is 14.3. The number of amides is 1. The van der Waals surface area contributed by atoms with E-state index in [1.807, 2.05) is 0 Å². The minimum Gasteiger partial charge on any atom is -0.321 e. The lowest BCUT2D eigenvalue weighted by Crippen LogP contribution is -2.19. The highest BCUT2D eigenvalue weighted by atomic mass is 35.5. The van der Waals surface area contributed by atoms with Crippen molar-refractivity contribution in [3.05, 3.63) is 62.8 Å². The number of aryl methyl sites for hydroxylation is 2. The number of hydrogen-bond acceptors (Lipinski definition) is 2. The Bertz CT molecular complexity index is 714. The van der Waals surface area contributed by atoms with Gasteiger partial charge in [-0.25, -0.2) is 4.39 Å². The summed E-state index contributed by atoms with van der Waals surface area (Å²) in [6.07, 6.45) is 1.46. The number of aromatic nitrogens is 1. The molecule has 0 bridgehead atoms. The fraction of sp³-hybridized carbons (Fsp3) is 0.143. The van der Waals surface area contributed by atoms with Crippen molar-refractivity contribution in [2.45, 2.75) is 6.92 Å². The molecule has 0 fully saturated rings. The van der Waals surface area contributed by atoms with E-state index in [2.05, 4.69) is 5.32 Å². The van der Waals surface area contributed by atoms with Crippen LogP contribution in [-0.2, 0) is 7.05 Å². The molecule has 104 valence electrons. The van der Waals surface area contributed by atoms with Crippen LogP contribution in [0.4, 0.5) is 10.1 Å². The van der Waals surface area contributed by atoms with Crippen molar-refractivity contribution in [3.63, 3.8) is 0 Å². The third kappa shape index (κ3) is 2.88. The van der Waals surface area contributed by atoms with Crippen LogP contribution in [0, 0.1) is 12.7 Å². The molecule has 6 heteroatoms. The molecular formula is C14H12ClFN2O2. The van der Waals surface area contributed by atoms with E-state index in [1.165, 1.54) is 42.1 Å². The molecule has 0 radical (unpaired) electrons. The summed E-state index contributed by atoms with van der Waals surface area (Å²) >= 11 is 5.76. The lowest BCUT2D eigenvalue weighted by atomic mass is 10.1. The maximum absolute atomic E-state index is 13.2. The lowest BCUT2D eigenvalue weighted by Gasteiger charge is -2.08. The molecule has 1 N–H and O–H groups in total. The topological polar surface area (TPSA) is 51.1 Å². The van der Waals surface area contributed by atoms with Crippen LogP contribution >= 0.6 is 11.6 Å². The molecule has 2 aromatic rings. The van der Waals surface area contributed by atoms with Crippen molar-refractivity contribution in [3.8, 4) is 0 Å². The van der Waals surface area contributed by atoms with Gasteiger partial charge in [-0.3, -0.25) is 9.59 Å². The molecule has 0 aliphatic heterocycles. The molecule has 1 heterocycles. The number of anilines is 1. The highest BCUT2D eigenvalue weighted by molar-refractivity contribution is 6.30. The zero-order valence-electron chi connectivity index (χ0n) is 10.9. The Kier molecular flexibility index (Phi) is 3.90. The van der Waals surface area contributed by atoms with Crippen LogP contribution in [0.3, 0.4) is 0 Å². The minimum atomic E-state index is -0.400. The third-order valence-electron chi connectivity index (χ3n) is 2.82. The second-order valence-corrected chi connectivity index (χ2v) is 4.82. The summed E-state index contributed by atoms with van der Waals surface area (Å²) in [5.41, 5.74) is 0.761. The van der Waals surface area contributed by atoms with Gasteiger partial charge in [-0.2, -0.15) is 0 Å². The van der Waals surface area contributed by atoms with Gasteiger partial charge in [0.1, 0.15) is 10.8 Å². The fourth-order valence-corrected chi connectivity index (χ4v) is 1.98. The zero-order valence-corrected chi connectivity index (χ0v) is 11.7. The van der Waals surface area contributed by atoms with Crippen molar-refractivity contribution in [1.82, 2.24) is 4.57 Å². The molecule has 0 saturated heterocycles. The number of pyridine rings is 1. The lowest BCUT2D eigenvalue weighted by molar-refractivity contribution is 0.102. The van der Waals surface area contributed by atoms with Crippen LogP contribution in [0.5, 0.6) is 0 Å². The first-order valence-electron chi connectivity index (χ1n) is 5.82. The molecule has 4 nitrogen and oxygen atoms in total. The zero-order chi connectivity index (χ0) is 14.9. The van der Waals surface area contributed by atoms with E-state index < -0.39 is 5.91 Å². The van der Waals surface area contributed by atoms with Crippen molar-refractivity contribution < 1.29 is 9.18 Å². The molecule has 0 atom stereocenters. The van der Waals surface area contributed by atoms with Crippen LogP contribution in [0.15, 0.2) is 35.3 Å². The number of carbonyl (C=O) groups excluding carboxylic acids is 1. The monoisotopic (exact) mass is 294 g/mol. The van der Waals surface area contributed by atoms with Crippen LogP contribution in [-0.4, -0.2) is 10.5 Å². The molecule has 0 aliphatic rings. The van der Waals surface area contributed by atoms with Gasteiger partial charge in [0.05, 0.1) is 5.69 Å². The van der Waals surface area contributed by atoms with Gasteiger partial charge >= 0.3 is 0 Å². The molecule has 1 aromatic carbocycles. The summed E-state index contributed by atoms with van der Waals surface area (Å²) in [7, 11) is 1.53. The molecule has 20 heavy (non-hydrogen) atoms. The molecular weight excluding hydrogens is 283 g/mol. The predicted octanol–water partition coefficient (Wildman–Crippen LogP) is 2.74. The van der Waals surface area contributed by atoms with Crippen molar-refractivity contribution in [2.75, 3.05) is 5.32 Å². The summed E-state index contributed by atoms with van der Waals surface area (Å²) < 4.78 is 14.4. The molecule has 0 unspecified atom stereocenters. The second-order valence-electron chi connectivity index (χ2n) is 4.41. The highest BCUT2D eigenvalue weighted by Crippen LogP contribution is 2.14. The normalized spacial score (nSPS) is 10.4. The van der Waals surface area contributed by atoms with E-state index in [4.69, 9.17) is 11.6 Å². The standard InChI is InChI=1S/C14H12ClFN2O2/c1-8-5-9(3-4-12(8)16)13(19)17-10-6-11(15)14(20)18(2)7-10/h3-7H,1-2H3,(H,17,19). The SMILES string of the molecule is Cc1cc(C(=O)Nc2cc(Cl)c(=O)n(C)c2)ccc1F. The smallest absolute Gasteiger partial charge is 0.269 e. The van der Waals surface area contributed by atoms with Gasteiger partial charge in [0.2, 0.25) is 0 Å². The van der Waals surface area contributed by atoms with Crippen LogP contribution in [0.2, 0.25) is 5.02 Å². The van der Waals surface area contributed by atoms with E-state index >= 15 is 0 Å². The van der Waals surface area contributed by atoms with Gasteiger partial charge in [0, 0.05) is 18.8 Å². The number of hydrogen-bond donors (Lipinski definition) is 1. The maximum Gasteiger partial charge on any atom is 0.269 e. The summed E-state index contributed by atoms with van der Waals surface area (Å²) in [6, 6.07) is 5.45. The van der Waals surface area contributed by atoms with Crippen LogP contribution in [0.1, 0.15) is 15.9 Å². The molecule has 0 saturated carbocycles. The molecule has 2 rings (SSSR count). The number of nitrogens with one attached hydrogen (secondary N) is 1. The number of carbonyl (C=O) groups is 1. The van der Waals surface area contributed by atoms with Crippen LogP contribution in [0.25, 0.3) is 0 Å². The first-order chi connectivity index (χ1) is 9.38. The Morgan fingerprint density at radius 3 is 2.65 bits per heavy atom. The Morgan fingerprint density at radius 1 is 1.35 bits per heavy atom. The van der Waals surface area contributed by atoms with E-state index in [-0.39, 0.29) is 16.4 Å². The average molecular weight is 295 g/mol. The summed E-state index contributed by atoms with van der Waals surface area (Å²) in [5, 5.41) is 2.62. The predicted molar refractivity (Wildman–Crippen MR) is 75.8 cm³/mol.